The van der Waals surface area contributed by atoms with E-state index in [1.807, 2.05) is 72.4 Å². The molecule has 0 aliphatic carbocycles. The first-order valence-corrected chi connectivity index (χ1v) is 11.2. The summed E-state index contributed by atoms with van der Waals surface area (Å²) in [5.41, 5.74) is 3.40. The first-order valence-electron chi connectivity index (χ1n) is 9.94. The molecule has 0 N–H and O–H groups in total. The number of nitrogens with zero attached hydrogens (tertiary/aromatic N) is 3. The van der Waals surface area contributed by atoms with Gasteiger partial charge in [-0.3, -0.25) is 9.69 Å². The number of carbonyl (C=O) groups is 1. The highest BCUT2D eigenvalue weighted by Gasteiger charge is 2.31. The topological polar surface area (TPSA) is 56.6 Å². The van der Waals surface area contributed by atoms with E-state index in [1.165, 1.54) is 11.8 Å². The minimum absolute atomic E-state index is 0.0712. The highest BCUT2D eigenvalue weighted by molar-refractivity contribution is 8.26. The lowest BCUT2D eigenvalue weighted by Gasteiger charge is -2.18. The molecule has 3 aromatic rings. The standard InChI is InChI=1S/C23H19N3O3S2/c1-2-25-22(27)20(31-23(25)30)13-16-14-26(17-6-4-3-5-7-17)24-21(16)15-8-9-18-19(12-15)29-11-10-28-18/h3-9,12-14H,2,10-11H2,1H3. The van der Waals surface area contributed by atoms with Gasteiger partial charge in [0.1, 0.15) is 23.2 Å². The van der Waals surface area contributed by atoms with Gasteiger partial charge in [-0.2, -0.15) is 5.10 Å². The van der Waals surface area contributed by atoms with E-state index in [2.05, 4.69) is 0 Å². The number of fused-ring (bicyclic) bond motifs is 1. The van der Waals surface area contributed by atoms with Crippen molar-refractivity contribution in [2.24, 2.45) is 0 Å². The summed E-state index contributed by atoms with van der Waals surface area (Å²) in [6, 6.07) is 15.7. The van der Waals surface area contributed by atoms with Gasteiger partial charge in [-0.15, -0.1) is 0 Å². The molecule has 1 aromatic heterocycles. The molecule has 0 spiro atoms. The molecule has 1 fully saturated rings. The monoisotopic (exact) mass is 449 g/mol. The number of rotatable bonds is 4. The number of hydrogen-bond acceptors (Lipinski definition) is 6. The maximum Gasteiger partial charge on any atom is 0.266 e. The van der Waals surface area contributed by atoms with Gasteiger partial charge in [0.2, 0.25) is 0 Å². The van der Waals surface area contributed by atoms with E-state index in [0.717, 1.165) is 28.3 Å². The van der Waals surface area contributed by atoms with Gasteiger partial charge in [0.05, 0.1) is 10.6 Å². The van der Waals surface area contributed by atoms with Crippen molar-refractivity contribution in [3.8, 4) is 28.4 Å². The molecule has 1 amide bonds. The van der Waals surface area contributed by atoms with E-state index in [4.69, 9.17) is 26.8 Å². The quantitative estimate of drug-likeness (QED) is 0.431. The second kappa shape index (κ2) is 8.20. The van der Waals surface area contributed by atoms with Crippen LogP contribution < -0.4 is 9.47 Å². The molecule has 156 valence electrons. The highest BCUT2D eigenvalue weighted by atomic mass is 32.2. The molecular formula is C23H19N3O3S2. The molecule has 31 heavy (non-hydrogen) atoms. The van der Waals surface area contributed by atoms with Crippen molar-refractivity contribution in [2.75, 3.05) is 19.8 Å². The minimum atomic E-state index is -0.0712. The SMILES string of the molecule is CCN1C(=O)C(=Cc2cn(-c3ccccc3)nc2-c2ccc3c(c2)OCCO3)SC1=S. The van der Waals surface area contributed by atoms with Crippen LogP contribution in [0.2, 0.25) is 0 Å². The molecule has 0 bridgehead atoms. The number of aromatic nitrogens is 2. The van der Waals surface area contributed by atoms with Crippen molar-refractivity contribution in [3.05, 3.63) is 65.2 Å². The van der Waals surface area contributed by atoms with Crippen LogP contribution in [0.5, 0.6) is 11.5 Å². The van der Waals surface area contributed by atoms with E-state index in [9.17, 15) is 4.79 Å². The lowest BCUT2D eigenvalue weighted by molar-refractivity contribution is -0.121. The van der Waals surface area contributed by atoms with Gasteiger partial charge in [0.15, 0.2) is 11.5 Å². The molecule has 0 atom stereocenters. The van der Waals surface area contributed by atoms with Crippen molar-refractivity contribution in [3.63, 3.8) is 0 Å². The zero-order chi connectivity index (χ0) is 21.4. The van der Waals surface area contributed by atoms with Crippen LogP contribution >= 0.6 is 24.0 Å². The fourth-order valence-electron chi connectivity index (χ4n) is 3.53. The van der Waals surface area contributed by atoms with Crippen molar-refractivity contribution in [1.82, 2.24) is 14.7 Å². The molecule has 2 aliphatic heterocycles. The summed E-state index contributed by atoms with van der Waals surface area (Å²) in [6.45, 7) is 3.53. The zero-order valence-electron chi connectivity index (χ0n) is 16.8. The Balaban J connectivity index is 1.62. The lowest BCUT2D eigenvalue weighted by Crippen LogP contribution is -2.27. The van der Waals surface area contributed by atoms with E-state index in [-0.39, 0.29) is 5.91 Å². The van der Waals surface area contributed by atoms with Crippen molar-refractivity contribution in [1.29, 1.82) is 0 Å². The molecule has 5 rings (SSSR count). The van der Waals surface area contributed by atoms with Crippen molar-refractivity contribution < 1.29 is 14.3 Å². The van der Waals surface area contributed by atoms with Crippen molar-refractivity contribution >= 4 is 40.3 Å². The van der Waals surface area contributed by atoms with Crippen LogP contribution in [-0.2, 0) is 4.79 Å². The summed E-state index contributed by atoms with van der Waals surface area (Å²) >= 11 is 6.68. The summed E-state index contributed by atoms with van der Waals surface area (Å²) in [7, 11) is 0. The number of thiocarbonyl (C=S) groups is 1. The summed E-state index contributed by atoms with van der Waals surface area (Å²) in [5.74, 6) is 1.35. The van der Waals surface area contributed by atoms with Crippen LogP contribution in [0, 0.1) is 0 Å². The number of likely N-dealkylation sites (N-methyl/N-ethyl adjacent to an activating group) is 1. The van der Waals surface area contributed by atoms with Gasteiger partial charge >= 0.3 is 0 Å². The molecule has 0 saturated carbocycles. The Morgan fingerprint density at radius 1 is 1.13 bits per heavy atom. The first kappa shape index (κ1) is 19.8. The second-order valence-corrected chi connectivity index (χ2v) is 8.67. The third-order valence-electron chi connectivity index (χ3n) is 5.06. The van der Waals surface area contributed by atoms with Gasteiger partial charge in [-0.1, -0.05) is 42.2 Å². The van der Waals surface area contributed by atoms with Gasteiger partial charge in [-0.25, -0.2) is 4.68 Å². The Morgan fingerprint density at radius 2 is 1.90 bits per heavy atom. The Hall–Kier alpha value is -3.10. The molecular weight excluding hydrogens is 430 g/mol. The van der Waals surface area contributed by atoms with E-state index in [0.29, 0.717) is 34.7 Å². The first-order chi connectivity index (χ1) is 15.1. The predicted octanol–water partition coefficient (Wildman–Crippen LogP) is 4.53. The van der Waals surface area contributed by atoms with E-state index >= 15 is 0 Å². The number of hydrogen-bond donors (Lipinski definition) is 0. The number of benzene rings is 2. The Morgan fingerprint density at radius 3 is 2.65 bits per heavy atom. The van der Waals surface area contributed by atoms with Crippen LogP contribution in [0.1, 0.15) is 12.5 Å². The average molecular weight is 450 g/mol. The second-order valence-electron chi connectivity index (χ2n) is 7.00. The Kier molecular flexibility index (Phi) is 5.25. The smallest absolute Gasteiger partial charge is 0.266 e. The predicted molar refractivity (Wildman–Crippen MR) is 126 cm³/mol. The summed E-state index contributed by atoms with van der Waals surface area (Å²) in [5, 5.41) is 4.83. The third-order valence-corrected chi connectivity index (χ3v) is 6.43. The normalized spacial score (nSPS) is 16.9. The molecule has 0 unspecified atom stereocenters. The number of para-hydroxylation sites is 1. The third kappa shape index (κ3) is 3.73. The molecule has 8 heteroatoms. The molecule has 6 nitrogen and oxygen atoms in total. The number of amides is 1. The fraction of sp³-hybridized carbons (Fsp3) is 0.174. The highest BCUT2D eigenvalue weighted by Crippen LogP contribution is 2.38. The molecule has 3 heterocycles. The maximum absolute atomic E-state index is 12.8. The number of ether oxygens (including phenoxy) is 2. The van der Waals surface area contributed by atoms with Crippen molar-refractivity contribution in [2.45, 2.75) is 6.92 Å². The molecule has 2 aliphatic rings. The molecule has 2 aromatic carbocycles. The van der Waals surface area contributed by atoms with Crippen LogP contribution in [0.4, 0.5) is 0 Å². The van der Waals surface area contributed by atoms with Crippen LogP contribution in [-0.4, -0.2) is 44.7 Å². The molecule has 1 saturated heterocycles. The van der Waals surface area contributed by atoms with Gasteiger partial charge < -0.3 is 9.47 Å². The number of carbonyl (C=O) groups excluding carboxylic acids is 1. The van der Waals surface area contributed by atoms with Crippen LogP contribution in [0.15, 0.2) is 59.6 Å². The summed E-state index contributed by atoms with van der Waals surface area (Å²) in [4.78, 5) is 15.0. The van der Waals surface area contributed by atoms with Gasteiger partial charge in [0, 0.05) is 23.9 Å². The maximum atomic E-state index is 12.8. The largest absolute Gasteiger partial charge is 0.486 e. The average Bonchev–Trinajstić information content (AvgIpc) is 3.34. The Bertz CT molecular complexity index is 1200. The van der Waals surface area contributed by atoms with E-state index < -0.39 is 0 Å². The molecule has 0 radical (unpaired) electrons. The number of thioether (sulfide) groups is 1. The Labute approximate surface area is 189 Å². The zero-order valence-corrected chi connectivity index (χ0v) is 18.4. The fourth-order valence-corrected chi connectivity index (χ4v) is 4.91. The van der Waals surface area contributed by atoms with Crippen LogP contribution in [0.25, 0.3) is 23.0 Å². The van der Waals surface area contributed by atoms with E-state index in [1.54, 1.807) is 4.90 Å². The van der Waals surface area contributed by atoms with Crippen LogP contribution in [0.3, 0.4) is 0 Å². The summed E-state index contributed by atoms with van der Waals surface area (Å²) in [6.07, 6.45) is 3.80. The minimum Gasteiger partial charge on any atom is -0.486 e. The summed E-state index contributed by atoms with van der Waals surface area (Å²) < 4.78 is 13.8. The van der Waals surface area contributed by atoms with Gasteiger partial charge in [0.25, 0.3) is 5.91 Å². The van der Waals surface area contributed by atoms with Gasteiger partial charge in [-0.05, 0) is 43.3 Å². The lowest BCUT2D eigenvalue weighted by atomic mass is 10.1.